The average Bonchev–Trinajstić information content (AvgIpc) is 3.21. The molecular weight excluding hydrogens is 514 g/mol. The monoisotopic (exact) mass is 560 g/mol. The van der Waals surface area contributed by atoms with E-state index in [2.05, 4.69) is 24.1 Å². The normalized spacial score (nSPS) is 25.5. The molecule has 2 amide bonds. The summed E-state index contributed by atoms with van der Waals surface area (Å²) in [4.78, 5) is 29.7. The van der Waals surface area contributed by atoms with Gasteiger partial charge in [-0.15, -0.1) is 0 Å². The van der Waals surface area contributed by atoms with Crippen LogP contribution in [-0.4, -0.2) is 75.4 Å². The third-order valence-corrected chi connectivity index (χ3v) is 8.51. The number of likely N-dealkylation sites (tertiary alicyclic amines) is 2. The van der Waals surface area contributed by atoms with Gasteiger partial charge in [0.25, 0.3) is 0 Å². The lowest BCUT2D eigenvalue weighted by Gasteiger charge is -2.48. The van der Waals surface area contributed by atoms with Crippen LogP contribution in [0.1, 0.15) is 85.3 Å². The lowest BCUT2D eigenvalue weighted by Crippen LogP contribution is -2.56. The first-order valence-electron chi connectivity index (χ1n) is 14.5. The molecule has 10 heteroatoms. The maximum Gasteiger partial charge on any atom is 0.339 e. The predicted octanol–water partition coefficient (Wildman–Crippen LogP) is 5.26. The van der Waals surface area contributed by atoms with Crippen molar-refractivity contribution in [1.29, 1.82) is 10.8 Å². The Hall–Kier alpha value is -2.88. The van der Waals surface area contributed by atoms with Crippen LogP contribution in [0.2, 0.25) is 0 Å². The van der Waals surface area contributed by atoms with Crippen molar-refractivity contribution in [3.63, 3.8) is 0 Å². The highest BCUT2D eigenvalue weighted by atomic mass is 19.3. The number of hydrogen-bond donors (Lipinski definition) is 3. The van der Waals surface area contributed by atoms with Gasteiger partial charge in [0.05, 0.1) is 11.9 Å². The van der Waals surface area contributed by atoms with Crippen LogP contribution in [0.5, 0.6) is 0 Å². The van der Waals surface area contributed by atoms with Crippen LogP contribution in [0, 0.1) is 22.7 Å². The summed E-state index contributed by atoms with van der Waals surface area (Å²) in [6, 6.07) is 5.94. The fourth-order valence-corrected chi connectivity index (χ4v) is 6.36. The lowest BCUT2D eigenvalue weighted by molar-refractivity contribution is -0.176. The predicted molar refractivity (Wildman–Crippen MR) is 153 cm³/mol. The number of carbonyl (C=O) groups excluding carboxylic acids is 2. The van der Waals surface area contributed by atoms with Crippen molar-refractivity contribution < 1.29 is 18.4 Å². The summed E-state index contributed by atoms with van der Waals surface area (Å²) in [7, 11) is 0. The number of carbonyl (C=O) groups is 2. The highest BCUT2D eigenvalue weighted by Crippen LogP contribution is 2.39. The van der Waals surface area contributed by atoms with Crippen LogP contribution in [0.15, 0.2) is 30.3 Å². The third kappa shape index (κ3) is 6.87. The number of rotatable bonds is 9. The molecule has 0 spiro atoms. The summed E-state index contributed by atoms with van der Waals surface area (Å²) < 4.78 is 29.8. The standard InChI is InChI=1S/C30H46F2N6O2/c1-7-24-18-25(38(21(5)33)28(34)19(2)3)17-20(4)36(24)15-14-27(23-11-9-8-10-12-23)35-29(40)26-13-16-37(22(6)39)30(26,31)32/h8-12,19-20,24-27,33-34H,7,13-18H2,1-6H3,(H,35,40). The maximum atomic E-state index is 14.9. The Balaban J connectivity index is 1.75. The number of alkyl halides is 2. The van der Waals surface area contributed by atoms with Crippen LogP contribution >= 0.6 is 0 Å². The van der Waals surface area contributed by atoms with Crippen molar-refractivity contribution in [2.45, 2.75) is 104 Å². The van der Waals surface area contributed by atoms with E-state index in [1.165, 1.54) is 0 Å². The molecule has 1 aromatic rings. The number of nitrogens with zero attached hydrogens (tertiary/aromatic N) is 3. The smallest absolute Gasteiger partial charge is 0.339 e. The van der Waals surface area contributed by atoms with Crippen molar-refractivity contribution in [2.24, 2.45) is 11.8 Å². The second kappa shape index (κ2) is 13.2. The summed E-state index contributed by atoms with van der Waals surface area (Å²) >= 11 is 0. The van der Waals surface area contributed by atoms with Crippen molar-refractivity contribution in [3.05, 3.63) is 35.9 Å². The molecule has 0 saturated carbocycles. The summed E-state index contributed by atoms with van der Waals surface area (Å²) in [5.41, 5.74) is 0.854. The fourth-order valence-electron chi connectivity index (χ4n) is 6.36. The second-order valence-electron chi connectivity index (χ2n) is 11.6. The molecule has 2 aliphatic heterocycles. The number of hydrogen-bond acceptors (Lipinski definition) is 5. The van der Waals surface area contributed by atoms with E-state index < -0.39 is 29.8 Å². The van der Waals surface area contributed by atoms with E-state index in [0.29, 0.717) is 29.5 Å². The van der Waals surface area contributed by atoms with Gasteiger partial charge in [-0.3, -0.25) is 30.2 Å². The highest BCUT2D eigenvalue weighted by molar-refractivity contribution is 5.98. The number of piperidine rings is 1. The van der Waals surface area contributed by atoms with E-state index in [9.17, 15) is 18.4 Å². The Morgan fingerprint density at radius 1 is 1.15 bits per heavy atom. The third-order valence-electron chi connectivity index (χ3n) is 8.51. The Kier molecular flexibility index (Phi) is 10.4. The SMILES string of the molecule is CCC1CC(N(C(C)=N)C(=N)C(C)C)CC(C)N1CCC(NC(=O)C1CCN(C(C)=O)C1(F)F)c1ccccc1. The van der Waals surface area contributed by atoms with Gasteiger partial charge in [0, 0.05) is 44.1 Å². The molecular formula is C30H46F2N6O2. The van der Waals surface area contributed by atoms with E-state index in [-0.39, 0.29) is 37.0 Å². The zero-order valence-corrected chi connectivity index (χ0v) is 24.7. The number of amidine groups is 2. The maximum absolute atomic E-state index is 14.9. The van der Waals surface area contributed by atoms with E-state index >= 15 is 0 Å². The number of benzene rings is 1. The molecule has 2 aliphatic rings. The van der Waals surface area contributed by atoms with Crippen LogP contribution in [0.3, 0.4) is 0 Å². The van der Waals surface area contributed by atoms with Gasteiger partial charge in [-0.25, -0.2) is 0 Å². The second-order valence-corrected chi connectivity index (χ2v) is 11.6. The quantitative estimate of drug-likeness (QED) is 0.218. The van der Waals surface area contributed by atoms with Gasteiger partial charge >= 0.3 is 6.05 Å². The average molecular weight is 561 g/mol. The number of nitrogens with one attached hydrogen (secondary N) is 3. The van der Waals surface area contributed by atoms with Crippen LogP contribution in [0.4, 0.5) is 8.78 Å². The fraction of sp³-hybridized carbons (Fsp3) is 0.667. The van der Waals surface area contributed by atoms with Gasteiger partial charge < -0.3 is 10.2 Å². The van der Waals surface area contributed by atoms with E-state index in [1.807, 2.05) is 49.1 Å². The zero-order valence-electron chi connectivity index (χ0n) is 24.7. The molecule has 0 bridgehead atoms. The molecule has 8 nitrogen and oxygen atoms in total. The topological polar surface area (TPSA) is 104 Å². The largest absolute Gasteiger partial charge is 0.349 e. The Bertz CT molecular complexity index is 1070. The Morgan fingerprint density at radius 2 is 1.80 bits per heavy atom. The first-order chi connectivity index (χ1) is 18.8. The van der Waals surface area contributed by atoms with Crippen molar-refractivity contribution in [1.82, 2.24) is 20.0 Å². The molecule has 5 atom stereocenters. The van der Waals surface area contributed by atoms with E-state index in [1.54, 1.807) is 6.92 Å². The molecule has 2 fully saturated rings. The molecule has 0 radical (unpaired) electrons. The van der Waals surface area contributed by atoms with Crippen LogP contribution < -0.4 is 5.32 Å². The van der Waals surface area contributed by atoms with Gasteiger partial charge in [-0.1, -0.05) is 51.1 Å². The molecule has 1 aromatic carbocycles. The Morgan fingerprint density at radius 3 is 2.33 bits per heavy atom. The molecule has 2 heterocycles. The Labute approximate surface area is 237 Å². The van der Waals surface area contributed by atoms with E-state index in [0.717, 1.165) is 31.7 Å². The van der Waals surface area contributed by atoms with Gasteiger partial charge in [0.2, 0.25) is 11.8 Å². The summed E-state index contributed by atoms with van der Waals surface area (Å²) in [5, 5.41) is 19.8. The molecule has 0 aliphatic carbocycles. The molecule has 0 aromatic heterocycles. The van der Waals surface area contributed by atoms with Gasteiger partial charge in [-0.05, 0) is 51.5 Å². The molecule has 40 heavy (non-hydrogen) atoms. The van der Waals surface area contributed by atoms with E-state index in [4.69, 9.17) is 10.8 Å². The minimum Gasteiger partial charge on any atom is -0.349 e. The van der Waals surface area contributed by atoms with Crippen LogP contribution in [0.25, 0.3) is 0 Å². The van der Waals surface area contributed by atoms with Crippen molar-refractivity contribution in [2.75, 3.05) is 13.1 Å². The molecule has 2 saturated heterocycles. The molecule has 5 unspecified atom stereocenters. The van der Waals surface area contributed by atoms with Crippen molar-refractivity contribution in [3.8, 4) is 0 Å². The lowest BCUT2D eigenvalue weighted by atomic mass is 9.88. The number of halogens is 2. The first-order valence-corrected chi connectivity index (χ1v) is 14.5. The first kappa shape index (κ1) is 31.6. The highest BCUT2D eigenvalue weighted by Gasteiger charge is 2.55. The number of amides is 2. The minimum atomic E-state index is -3.51. The van der Waals surface area contributed by atoms with Gasteiger partial charge in [0.1, 0.15) is 11.8 Å². The van der Waals surface area contributed by atoms with Crippen molar-refractivity contribution >= 4 is 23.5 Å². The summed E-state index contributed by atoms with van der Waals surface area (Å²) in [6.45, 7) is 11.6. The molecule has 3 rings (SSSR count). The molecule has 222 valence electrons. The zero-order chi connectivity index (χ0) is 29.8. The van der Waals surface area contributed by atoms with Crippen LogP contribution in [-0.2, 0) is 9.59 Å². The summed E-state index contributed by atoms with van der Waals surface area (Å²) in [5.74, 6) is -2.16. The van der Waals surface area contributed by atoms with Gasteiger partial charge in [-0.2, -0.15) is 8.78 Å². The molecule has 3 N–H and O–H groups in total. The van der Waals surface area contributed by atoms with Gasteiger partial charge in [0.15, 0.2) is 0 Å². The summed E-state index contributed by atoms with van der Waals surface area (Å²) in [6.07, 6.45) is 3.00. The minimum absolute atomic E-state index is 0.0266.